The van der Waals surface area contributed by atoms with Crippen molar-refractivity contribution in [1.82, 2.24) is 4.90 Å². The molecule has 0 unspecified atom stereocenters. The van der Waals surface area contributed by atoms with Gasteiger partial charge in [-0.1, -0.05) is 12.1 Å². The van der Waals surface area contributed by atoms with Crippen molar-refractivity contribution in [3.8, 4) is 0 Å². The first-order valence-corrected chi connectivity index (χ1v) is 8.65. The van der Waals surface area contributed by atoms with E-state index in [1.54, 1.807) is 0 Å². The summed E-state index contributed by atoms with van der Waals surface area (Å²) in [4.78, 5) is 47.1. The largest absolute Gasteiger partial charge is 0.507 e. The third-order valence-corrected chi connectivity index (χ3v) is 4.66. The molecule has 0 spiro atoms. The van der Waals surface area contributed by atoms with Crippen LogP contribution in [0.1, 0.15) is 17.2 Å². The zero-order valence-electron chi connectivity index (χ0n) is 15.3. The van der Waals surface area contributed by atoms with Gasteiger partial charge in [-0.05, 0) is 18.2 Å². The van der Waals surface area contributed by atoms with E-state index in [0.717, 1.165) is 17.0 Å². The molecule has 2 N–H and O–H groups in total. The summed E-state index contributed by atoms with van der Waals surface area (Å²) in [6.45, 7) is -0.806. The number of rotatable bonds is 6. The number of aliphatic hydroxyl groups excluding tert-OH is 2. The van der Waals surface area contributed by atoms with E-state index in [2.05, 4.69) is 0 Å². The Labute approximate surface area is 168 Å². The Morgan fingerprint density at radius 3 is 2.20 bits per heavy atom. The smallest absolute Gasteiger partial charge is 0.295 e. The molecule has 11 heteroatoms. The van der Waals surface area contributed by atoms with Gasteiger partial charge < -0.3 is 15.1 Å². The summed E-state index contributed by atoms with van der Waals surface area (Å²) in [5, 5.41) is 42.4. The molecule has 30 heavy (non-hydrogen) atoms. The molecule has 3 rings (SSSR count). The highest BCUT2D eigenvalue weighted by molar-refractivity contribution is 6.46. The predicted molar refractivity (Wildman–Crippen MR) is 102 cm³/mol. The molecule has 2 aromatic carbocycles. The minimum absolute atomic E-state index is 0.0152. The number of β-amino-alcohol motifs (C(OH)–C–C–N with tert-alkyl or cyclic N) is 1. The Morgan fingerprint density at radius 1 is 1.00 bits per heavy atom. The first-order valence-electron chi connectivity index (χ1n) is 8.65. The summed E-state index contributed by atoms with van der Waals surface area (Å²) in [7, 11) is 0. The molecule has 0 radical (unpaired) electrons. The summed E-state index contributed by atoms with van der Waals surface area (Å²) < 4.78 is 0. The molecule has 1 atom stereocenters. The first-order chi connectivity index (χ1) is 14.3. The molecule has 154 valence electrons. The van der Waals surface area contributed by atoms with Crippen LogP contribution in [-0.2, 0) is 9.59 Å². The zero-order chi connectivity index (χ0) is 22.0. The van der Waals surface area contributed by atoms with E-state index in [1.165, 1.54) is 36.4 Å². The monoisotopic (exact) mass is 413 g/mol. The molecule has 1 heterocycles. The van der Waals surface area contributed by atoms with E-state index < -0.39 is 45.5 Å². The fraction of sp³-hybridized carbons (Fsp3) is 0.158. The van der Waals surface area contributed by atoms with E-state index in [9.17, 15) is 40.0 Å². The van der Waals surface area contributed by atoms with Crippen molar-refractivity contribution in [2.75, 3.05) is 13.2 Å². The standard InChI is InChI=1S/C19H15N3O8/c23-10-9-20-16(13-3-1-2-4-14(13)22(29)30)15(18(25)19(20)26)17(24)11-5-7-12(8-6-11)21(27)28/h1-8,16,23-24H,9-10H2/b17-15+/t16-/m1/s1. The molecule has 11 nitrogen and oxygen atoms in total. The maximum absolute atomic E-state index is 12.7. The number of hydrogen-bond acceptors (Lipinski definition) is 8. The highest BCUT2D eigenvalue weighted by Crippen LogP contribution is 2.42. The van der Waals surface area contributed by atoms with E-state index in [0.29, 0.717) is 0 Å². The number of Topliss-reactive ketones (excluding diaryl/α,β-unsaturated/α-hetero) is 1. The van der Waals surface area contributed by atoms with Crippen LogP contribution in [0.4, 0.5) is 11.4 Å². The molecule has 0 bridgehead atoms. The van der Waals surface area contributed by atoms with E-state index in [4.69, 9.17) is 0 Å². The van der Waals surface area contributed by atoms with Gasteiger partial charge in [-0.3, -0.25) is 29.8 Å². The SMILES string of the molecule is O=C1C(=O)N(CCO)[C@H](c2ccccc2[N+](=O)[O-])/C1=C(\O)c1ccc([N+](=O)[O-])cc1. The Kier molecular flexibility index (Phi) is 5.56. The van der Waals surface area contributed by atoms with Crippen molar-refractivity contribution < 1.29 is 29.6 Å². The number of carbonyl (C=O) groups excluding carboxylic acids is 2. The van der Waals surface area contributed by atoms with Crippen LogP contribution < -0.4 is 0 Å². The topological polar surface area (TPSA) is 164 Å². The lowest BCUT2D eigenvalue weighted by molar-refractivity contribution is -0.385. The fourth-order valence-corrected chi connectivity index (χ4v) is 3.32. The van der Waals surface area contributed by atoms with Gasteiger partial charge in [0.05, 0.1) is 33.6 Å². The van der Waals surface area contributed by atoms with E-state index >= 15 is 0 Å². The maximum Gasteiger partial charge on any atom is 0.295 e. The van der Waals surface area contributed by atoms with Crippen molar-refractivity contribution in [1.29, 1.82) is 0 Å². The number of nitro groups is 2. The van der Waals surface area contributed by atoms with Crippen LogP contribution in [0.2, 0.25) is 0 Å². The highest BCUT2D eigenvalue weighted by atomic mass is 16.6. The molecule has 0 aromatic heterocycles. The van der Waals surface area contributed by atoms with Crippen molar-refractivity contribution in [3.63, 3.8) is 0 Å². The van der Waals surface area contributed by atoms with Gasteiger partial charge in [-0.2, -0.15) is 0 Å². The lowest BCUT2D eigenvalue weighted by Gasteiger charge is -2.24. The second-order valence-electron chi connectivity index (χ2n) is 6.34. The maximum atomic E-state index is 12.7. The van der Waals surface area contributed by atoms with E-state index in [1.807, 2.05) is 0 Å². The normalized spacial score (nSPS) is 17.9. The minimum atomic E-state index is -1.31. The lowest BCUT2D eigenvalue weighted by Crippen LogP contribution is -2.32. The number of carbonyl (C=O) groups is 2. The summed E-state index contributed by atoms with van der Waals surface area (Å²) in [5.41, 5.74) is -1.02. The molecule has 1 amide bonds. The van der Waals surface area contributed by atoms with Gasteiger partial charge in [0.15, 0.2) is 0 Å². The number of nitro benzene ring substituents is 2. The third kappa shape index (κ3) is 3.49. The number of para-hydroxylation sites is 1. The molecule has 1 aliphatic rings. The van der Waals surface area contributed by atoms with Crippen molar-refractivity contribution in [3.05, 3.63) is 85.5 Å². The van der Waals surface area contributed by atoms with Crippen LogP contribution in [0.3, 0.4) is 0 Å². The average molecular weight is 413 g/mol. The molecule has 1 fully saturated rings. The Morgan fingerprint density at radius 2 is 1.63 bits per heavy atom. The predicted octanol–water partition coefficient (Wildman–Crippen LogP) is 1.92. The van der Waals surface area contributed by atoms with Gasteiger partial charge in [0, 0.05) is 30.3 Å². The number of benzene rings is 2. The molecular formula is C19H15N3O8. The summed E-state index contributed by atoms with van der Waals surface area (Å²) >= 11 is 0. The number of amides is 1. The second kappa shape index (κ2) is 8.09. The van der Waals surface area contributed by atoms with Crippen LogP contribution in [0.25, 0.3) is 5.76 Å². The van der Waals surface area contributed by atoms with Gasteiger partial charge in [0.25, 0.3) is 23.1 Å². The molecular weight excluding hydrogens is 398 g/mol. The summed E-state index contributed by atoms with van der Waals surface area (Å²) in [6.07, 6.45) is 0. The van der Waals surface area contributed by atoms with Crippen LogP contribution >= 0.6 is 0 Å². The fourth-order valence-electron chi connectivity index (χ4n) is 3.32. The van der Waals surface area contributed by atoms with Crippen LogP contribution in [0.5, 0.6) is 0 Å². The third-order valence-electron chi connectivity index (χ3n) is 4.66. The number of hydrogen-bond donors (Lipinski definition) is 2. The van der Waals surface area contributed by atoms with Gasteiger partial charge in [0.1, 0.15) is 5.76 Å². The number of ketones is 1. The van der Waals surface area contributed by atoms with Gasteiger partial charge >= 0.3 is 0 Å². The molecule has 1 aliphatic heterocycles. The van der Waals surface area contributed by atoms with Crippen molar-refractivity contribution in [2.45, 2.75) is 6.04 Å². The summed E-state index contributed by atoms with van der Waals surface area (Å²) in [5.74, 6) is -2.75. The van der Waals surface area contributed by atoms with Gasteiger partial charge in [-0.15, -0.1) is 0 Å². The lowest BCUT2D eigenvalue weighted by atomic mass is 9.94. The molecule has 1 saturated heterocycles. The van der Waals surface area contributed by atoms with Gasteiger partial charge in [-0.25, -0.2) is 0 Å². The zero-order valence-corrected chi connectivity index (χ0v) is 15.3. The van der Waals surface area contributed by atoms with E-state index in [-0.39, 0.29) is 29.0 Å². The second-order valence-corrected chi connectivity index (χ2v) is 6.34. The molecule has 0 aliphatic carbocycles. The van der Waals surface area contributed by atoms with Gasteiger partial charge in [0.2, 0.25) is 0 Å². The number of non-ortho nitro benzene ring substituents is 1. The van der Waals surface area contributed by atoms with Crippen molar-refractivity contribution in [2.24, 2.45) is 0 Å². The number of aliphatic hydroxyl groups is 2. The highest BCUT2D eigenvalue weighted by Gasteiger charge is 2.47. The Bertz CT molecular complexity index is 1080. The minimum Gasteiger partial charge on any atom is -0.507 e. The Balaban J connectivity index is 2.23. The number of likely N-dealkylation sites (tertiary alicyclic amines) is 1. The quantitative estimate of drug-likeness (QED) is 0.238. The summed E-state index contributed by atoms with van der Waals surface area (Å²) in [6, 6.07) is 8.74. The van der Waals surface area contributed by atoms with Crippen LogP contribution in [0, 0.1) is 20.2 Å². The average Bonchev–Trinajstić information content (AvgIpc) is 2.98. The first kappa shape index (κ1) is 20.6. The van der Waals surface area contributed by atoms with Crippen molar-refractivity contribution >= 4 is 28.8 Å². The molecule has 0 saturated carbocycles. The number of nitrogens with zero attached hydrogens (tertiary/aromatic N) is 3. The van der Waals surface area contributed by atoms with Crippen LogP contribution in [-0.4, -0.2) is 49.8 Å². The Hall–Kier alpha value is -4.12. The molecule has 2 aromatic rings. The van der Waals surface area contributed by atoms with Crippen LogP contribution in [0.15, 0.2) is 54.1 Å².